The fourth-order valence-corrected chi connectivity index (χ4v) is 2.64. The summed E-state index contributed by atoms with van der Waals surface area (Å²) in [6.45, 7) is 7.76. The van der Waals surface area contributed by atoms with Gasteiger partial charge in [-0.05, 0) is 40.7 Å². The molecule has 1 aromatic rings. The second kappa shape index (κ2) is 7.60. The maximum absolute atomic E-state index is 6.07. The van der Waals surface area contributed by atoms with Crippen molar-refractivity contribution in [2.45, 2.75) is 6.54 Å². The van der Waals surface area contributed by atoms with E-state index in [1.54, 1.807) is 0 Å². The maximum atomic E-state index is 6.07. The van der Waals surface area contributed by atoms with Crippen molar-refractivity contribution in [3.63, 3.8) is 0 Å². The number of likely N-dealkylation sites (N-methyl/N-ethyl adjacent to an activating group) is 1. The van der Waals surface area contributed by atoms with Crippen molar-refractivity contribution in [3.8, 4) is 0 Å². The van der Waals surface area contributed by atoms with Crippen LogP contribution in [0.4, 0.5) is 0 Å². The third-order valence-corrected chi connectivity index (χ3v) is 4.75. The van der Waals surface area contributed by atoms with Gasteiger partial charge in [0.1, 0.15) is 0 Å². The molecule has 1 aliphatic heterocycles. The number of piperazine rings is 1. The molecular weight excluding hydrogens is 326 g/mol. The van der Waals surface area contributed by atoms with Crippen LogP contribution in [0.15, 0.2) is 22.7 Å². The van der Waals surface area contributed by atoms with E-state index in [0.717, 1.165) is 29.1 Å². The van der Waals surface area contributed by atoms with Gasteiger partial charge >= 0.3 is 0 Å². The van der Waals surface area contributed by atoms with Crippen LogP contribution in [0, 0.1) is 0 Å². The Morgan fingerprint density at radius 1 is 1.26 bits per heavy atom. The molecule has 0 unspecified atom stereocenters. The van der Waals surface area contributed by atoms with E-state index in [9.17, 15) is 0 Å². The zero-order valence-corrected chi connectivity index (χ0v) is 13.7. The summed E-state index contributed by atoms with van der Waals surface area (Å²) in [4.78, 5) is 4.90. The number of nitrogens with one attached hydrogen (secondary N) is 1. The number of hydrogen-bond acceptors (Lipinski definition) is 3. The van der Waals surface area contributed by atoms with Crippen molar-refractivity contribution in [1.29, 1.82) is 0 Å². The van der Waals surface area contributed by atoms with E-state index >= 15 is 0 Å². The summed E-state index contributed by atoms with van der Waals surface area (Å²) in [5, 5.41) is 4.25. The van der Waals surface area contributed by atoms with E-state index in [4.69, 9.17) is 11.6 Å². The summed E-state index contributed by atoms with van der Waals surface area (Å²) in [5.41, 5.74) is 1.23. The molecule has 106 valence electrons. The highest BCUT2D eigenvalue weighted by Crippen LogP contribution is 2.22. The lowest BCUT2D eigenvalue weighted by molar-refractivity contribution is 0.154. The number of benzene rings is 1. The van der Waals surface area contributed by atoms with Gasteiger partial charge in [-0.15, -0.1) is 0 Å². The van der Waals surface area contributed by atoms with E-state index in [1.807, 2.05) is 12.1 Å². The maximum Gasteiger partial charge on any atom is 0.0551 e. The highest BCUT2D eigenvalue weighted by Gasteiger charge is 2.12. The molecule has 5 heteroatoms. The molecule has 0 atom stereocenters. The van der Waals surface area contributed by atoms with E-state index < -0.39 is 0 Å². The van der Waals surface area contributed by atoms with E-state index in [-0.39, 0.29) is 0 Å². The van der Waals surface area contributed by atoms with Crippen molar-refractivity contribution in [3.05, 3.63) is 33.3 Å². The highest BCUT2D eigenvalue weighted by molar-refractivity contribution is 9.10. The summed E-state index contributed by atoms with van der Waals surface area (Å²) >= 11 is 9.48. The van der Waals surface area contributed by atoms with Crippen molar-refractivity contribution in [2.24, 2.45) is 0 Å². The lowest BCUT2D eigenvalue weighted by Crippen LogP contribution is -2.46. The summed E-state index contributed by atoms with van der Waals surface area (Å²) in [5.74, 6) is 0. The predicted molar refractivity (Wildman–Crippen MR) is 84.8 cm³/mol. The monoisotopic (exact) mass is 345 g/mol. The van der Waals surface area contributed by atoms with Crippen LogP contribution in [-0.4, -0.2) is 56.1 Å². The van der Waals surface area contributed by atoms with Gasteiger partial charge in [-0.2, -0.15) is 0 Å². The Kier molecular flexibility index (Phi) is 6.10. The van der Waals surface area contributed by atoms with Crippen LogP contribution in [0.5, 0.6) is 0 Å². The molecule has 1 fully saturated rings. The quantitative estimate of drug-likeness (QED) is 0.826. The molecule has 0 aliphatic carbocycles. The SMILES string of the molecule is CN1CCN(CCNCc2ccc(Br)c(Cl)c2)CC1. The number of rotatable bonds is 5. The Labute approximate surface area is 129 Å². The highest BCUT2D eigenvalue weighted by atomic mass is 79.9. The van der Waals surface area contributed by atoms with Crippen molar-refractivity contribution in [1.82, 2.24) is 15.1 Å². The van der Waals surface area contributed by atoms with Gasteiger partial charge in [-0.1, -0.05) is 17.7 Å². The predicted octanol–water partition coefficient (Wildman–Crippen LogP) is 2.44. The van der Waals surface area contributed by atoms with Gasteiger partial charge in [0.15, 0.2) is 0 Å². The van der Waals surface area contributed by atoms with Gasteiger partial charge in [0.25, 0.3) is 0 Å². The number of halogens is 2. The third kappa shape index (κ3) is 5.04. The van der Waals surface area contributed by atoms with Crippen LogP contribution in [-0.2, 0) is 6.54 Å². The van der Waals surface area contributed by atoms with Crippen LogP contribution in [0.1, 0.15) is 5.56 Å². The molecule has 0 amide bonds. The zero-order valence-electron chi connectivity index (χ0n) is 11.3. The van der Waals surface area contributed by atoms with Gasteiger partial charge in [-0.3, -0.25) is 4.90 Å². The largest absolute Gasteiger partial charge is 0.311 e. The smallest absolute Gasteiger partial charge is 0.0551 e. The summed E-state index contributed by atoms with van der Waals surface area (Å²) in [6.07, 6.45) is 0. The Balaban J connectivity index is 1.65. The Bertz CT molecular complexity index is 406. The van der Waals surface area contributed by atoms with Crippen LogP contribution in [0.2, 0.25) is 5.02 Å². The Morgan fingerprint density at radius 2 is 2.00 bits per heavy atom. The lowest BCUT2D eigenvalue weighted by Gasteiger charge is -2.32. The molecule has 0 radical (unpaired) electrons. The first-order valence-corrected chi connectivity index (χ1v) is 7.88. The number of nitrogens with zero attached hydrogens (tertiary/aromatic N) is 2. The fraction of sp³-hybridized carbons (Fsp3) is 0.571. The minimum absolute atomic E-state index is 0.776. The first kappa shape index (κ1) is 15.3. The van der Waals surface area contributed by atoms with E-state index in [0.29, 0.717) is 0 Å². The van der Waals surface area contributed by atoms with Crippen molar-refractivity contribution < 1.29 is 0 Å². The van der Waals surface area contributed by atoms with Crippen LogP contribution >= 0.6 is 27.5 Å². The van der Waals surface area contributed by atoms with Crippen molar-refractivity contribution >= 4 is 27.5 Å². The molecule has 0 bridgehead atoms. The fourth-order valence-electron chi connectivity index (χ4n) is 2.19. The molecule has 1 aromatic carbocycles. The van der Waals surface area contributed by atoms with Gasteiger partial charge in [0.2, 0.25) is 0 Å². The zero-order chi connectivity index (χ0) is 13.7. The van der Waals surface area contributed by atoms with E-state index in [1.165, 1.54) is 31.7 Å². The second-order valence-electron chi connectivity index (χ2n) is 5.07. The standard InChI is InChI=1S/C14H21BrClN3/c1-18-6-8-19(9-7-18)5-4-17-11-12-2-3-13(15)14(16)10-12/h2-3,10,17H,4-9,11H2,1H3. The van der Waals surface area contributed by atoms with Crippen LogP contribution in [0.25, 0.3) is 0 Å². The molecule has 0 saturated carbocycles. The van der Waals surface area contributed by atoms with Crippen LogP contribution < -0.4 is 5.32 Å². The molecule has 0 aromatic heterocycles. The minimum Gasteiger partial charge on any atom is -0.311 e. The topological polar surface area (TPSA) is 18.5 Å². The number of hydrogen-bond donors (Lipinski definition) is 1. The Hall–Kier alpha value is -0.130. The third-order valence-electron chi connectivity index (χ3n) is 3.51. The molecule has 19 heavy (non-hydrogen) atoms. The molecule has 0 spiro atoms. The van der Waals surface area contributed by atoms with E-state index in [2.05, 4.69) is 44.2 Å². The molecule has 3 nitrogen and oxygen atoms in total. The molecular formula is C14H21BrClN3. The molecule has 1 heterocycles. The van der Waals surface area contributed by atoms with Gasteiger partial charge in [-0.25, -0.2) is 0 Å². The summed E-state index contributed by atoms with van der Waals surface area (Å²) < 4.78 is 0.954. The van der Waals surface area contributed by atoms with Gasteiger partial charge in [0.05, 0.1) is 5.02 Å². The average molecular weight is 347 g/mol. The lowest BCUT2D eigenvalue weighted by atomic mass is 10.2. The van der Waals surface area contributed by atoms with Crippen molar-refractivity contribution in [2.75, 3.05) is 46.3 Å². The van der Waals surface area contributed by atoms with Crippen LogP contribution in [0.3, 0.4) is 0 Å². The summed E-state index contributed by atoms with van der Waals surface area (Å²) in [7, 11) is 2.19. The van der Waals surface area contributed by atoms with Gasteiger partial charge < -0.3 is 10.2 Å². The molecule has 1 saturated heterocycles. The Morgan fingerprint density at radius 3 is 2.68 bits per heavy atom. The van der Waals surface area contributed by atoms with Gasteiger partial charge in [0, 0.05) is 50.3 Å². The minimum atomic E-state index is 0.776. The average Bonchev–Trinajstić information content (AvgIpc) is 2.41. The molecule has 1 aliphatic rings. The second-order valence-corrected chi connectivity index (χ2v) is 6.33. The summed E-state index contributed by atoms with van der Waals surface area (Å²) in [6, 6.07) is 6.10. The molecule has 1 N–H and O–H groups in total. The first-order valence-electron chi connectivity index (χ1n) is 6.71. The molecule has 2 rings (SSSR count). The normalized spacial score (nSPS) is 17.8. The first-order chi connectivity index (χ1) is 9.15.